The summed E-state index contributed by atoms with van der Waals surface area (Å²) in [5, 5.41) is 0. The minimum absolute atomic E-state index is 0.329. The van der Waals surface area contributed by atoms with E-state index in [0.29, 0.717) is 23.9 Å². The van der Waals surface area contributed by atoms with E-state index in [9.17, 15) is 0 Å². The summed E-state index contributed by atoms with van der Waals surface area (Å²) in [6, 6.07) is 3.78. The molecule has 1 saturated carbocycles. The fourth-order valence-electron chi connectivity index (χ4n) is 2.73. The van der Waals surface area contributed by atoms with Crippen LogP contribution in [0.3, 0.4) is 0 Å². The van der Waals surface area contributed by atoms with Crippen molar-refractivity contribution in [3.05, 3.63) is 18.4 Å². The lowest BCUT2D eigenvalue weighted by atomic mass is 9.75. The van der Waals surface area contributed by atoms with Crippen molar-refractivity contribution in [2.45, 2.75) is 46.1 Å². The predicted molar refractivity (Wildman–Crippen MR) is 64.5 cm³/mol. The molecule has 3 atom stereocenters. The van der Waals surface area contributed by atoms with Gasteiger partial charge in [-0.25, -0.2) is 0 Å². The molecular formula is C14H22O2. The Balaban J connectivity index is 2.02. The first-order chi connectivity index (χ1) is 7.66. The van der Waals surface area contributed by atoms with E-state index in [2.05, 4.69) is 20.8 Å². The molecule has 3 unspecified atom stereocenters. The molecule has 1 aliphatic rings. The number of ether oxygens (including phenoxy) is 1. The monoisotopic (exact) mass is 222 g/mol. The molecule has 2 rings (SSSR count). The molecular weight excluding hydrogens is 200 g/mol. The second-order valence-electron chi connectivity index (χ2n) is 5.41. The average Bonchev–Trinajstić information content (AvgIpc) is 2.70. The van der Waals surface area contributed by atoms with Gasteiger partial charge in [-0.2, -0.15) is 0 Å². The molecule has 0 N–H and O–H groups in total. The summed E-state index contributed by atoms with van der Waals surface area (Å²) in [4.78, 5) is 0. The molecule has 2 nitrogen and oxygen atoms in total. The topological polar surface area (TPSA) is 22.4 Å². The highest BCUT2D eigenvalue weighted by Crippen LogP contribution is 2.35. The summed E-state index contributed by atoms with van der Waals surface area (Å²) in [7, 11) is 0. The number of hydrogen-bond acceptors (Lipinski definition) is 2. The third kappa shape index (κ3) is 2.60. The van der Waals surface area contributed by atoms with Gasteiger partial charge in [0, 0.05) is 6.07 Å². The Labute approximate surface area is 98.0 Å². The summed E-state index contributed by atoms with van der Waals surface area (Å²) in [6.45, 7) is 6.90. The van der Waals surface area contributed by atoms with Gasteiger partial charge in [0.15, 0.2) is 0 Å². The Morgan fingerprint density at radius 2 is 2.19 bits per heavy atom. The fourth-order valence-corrected chi connectivity index (χ4v) is 2.73. The molecule has 2 heteroatoms. The van der Waals surface area contributed by atoms with Crippen molar-refractivity contribution in [3.63, 3.8) is 0 Å². The maximum absolute atomic E-state index is 5.97. The van der Waals surface area contributed by atoms with Gasteiger partial charge in [0.05, 0.1) is 6.26 Å². The third-order valence-corrected chi connectivity index (χ3v) is 3.72. The van der Waals surface area contributed by atoms with Crippen LogP contribution >= 0.6 is 0 Å². The summed E-state index contributed by atoms with van der Waals surface area (Å²) < 4.78 is 11.3. The lowest BCUT2D eigenvalue weighted by Gasteiger charge is -2.36. The SMILES string of the molecule is CC1CCC(C(C)C)C(Oc2ccco2)C1. The maximum atomic E-state index is 5.97. The van der Waals surface area contributed by atoms with Crippen LogP contribution in [0.5, 0.6) is 5.95 Å². The Bertz CT molecular complexity index is 303. The van der Waals surface area contributed by atoms with Gasteiger partial charge in [0.1, 0.15) is 6.10 Å². The lowest BCUT2D eigenvalue weighted by Crippen LogP contribution is -2.36. The maximum Gasteiger partial charge on any atom is 0.284 e. The van der Waals surface area contributed by atoms with E-state index in [1.807, 2.05) is 12.1 Å². The zero-order valence-corrected chi connectivity index (χ0v) is 10.5. The van der Waals surface area contributed by atoms with Crippen LogP contribution in [0.2, 0.25) is 0 Å². The van der Waals surface area contributed by atoms with Crippen molar-refractivity contribution in [1.82, 2.24) is 0 Å². The van der Waals surface area contributed by atoms with Crippen molar-refractivity contribution in [3.8, 4) is 5.95 Å². The van der Waals surface area contributed by atoms with E-state index < -0.39 is 0 Å². The zero-order valence-electron chi connectivity index (χ0n) is 10.5. The molecule has 1 aromatic heterocycles. The standard InChI is InChI=1S/C14H22O2/c1-10(2)12-7-6-11(3)9-13(12)16-14-5-4-8-15-14/h4-5,8,10-13H,6-7,9H2,1-3H3. The quantitative estimate of drug-likeness (QED) is 0.767. The second kappa shape index (κ2) is 4.94. The highest BCUT2D eigenvalue weighted by Gasteiger charge is 2.32. The zero-order chi connectivity index (χ0) is 11.5. The number of hydrogen-bond donors (Lipinski definition) is 0. The van der Waals surface area contributed by atoms with Crippen molar-refractivity contribution in [1.29, 1.82) is 0 Å². The molecule has 0 aliphatic heterocycles. The van der Waals surface area contributed by atoms with Gasteiger partial charge in [0.25, 0.3) is 5.95 Å². The van der Waals surface area contributed by atoms with Crippen molar-refractivity contribution < 1.29 is 9.15 Å². The Morgan fingerprint density at radius 1 is 1.38 bits per heavy atom. The van der Waals surface area contributed by atoms with Gasteiger partial charge in [-0.05, 0) is 36.7 Å². The molecule has 0 spiro atoms. The van der Waals surface area contributed by atoms with Crippen LogP contribution in [0.25, 0.3) is 0 Å². The predicted octanol–water partition coefficient (Wildman–Crippen LogP) is 4.12. The molecule has 1 aliphatic carbocycles. The van der Waals surface area contributed by atoms with Gasteiger partial charge in [-0.15, -0.1) is 0 Å². The van der Waals surface area contributed by atoms with E-state index in [1.165, 1.54) is 12.8 Å². The lowest BCUT2D eigenvalue weighted by molar-refractivity contribution is 0.0288. The molecule has 0 amide bonds. The summed E-state index contributed by atoms with van der Waals surface area (Å²) in [5.41, 5.74) is 0. The first-order valence-electron chi connectivity index (χ1n) is 6.37. The highest BCUT2D eigenvalue weighted by molar-refractivity contribution is 5.05. The van der Waals surface area contributed by atoms with Gasteiger partial charge in [-0.1, -0.05) is 27.2 Å². The van der Waals surface area contributed by atoms with Crippen molar-refractivity contribution in [2.75, 3.05) is 0 Å². The number of furan rings is 1. The molecule has 0 bridgehead atoms. The number of rotatable bonds is 3. The Hall–Kier alpha value is -0.920. The summed E-state index contributed by atoms with van der Waals surface area (Å²) in [5.74, 6) is 2.80. The molecule has 1 fully saturated rings. The van der Waals surface area contributed by atoms with E-state index in [1.54, 1.807) is 6.26 Å². The van der Waals surface area contributed by atoms with Gasteiger partial charge < -0.3 is 9.15 Å². The van der Waals surface area contributed by atoms with E-state index in [0.717, 1.165) is 12.3 Å². The smallest absolute Gasteiger partial charge is 0.284 e. The Kier molecular flexibility index (Phi) is 3.57. The molecule has 16 heavy (non-hydrogen) atoms. The van der Waals surface area contributed by atoms with Crippen LogP contribution in [-0.2, 0) is 0 Å². The first-order valence-corrected chi connectivity index (χ1v) is 6.37. The van der Waals surface area contributed by atoms with Crippen LogP contribution in [-0.4, -0.2) is 6.10 Å². The minimum atomic E-state index is 0.329. The van der Waals surface area contributed by atoms with Gasteiger partial charge in [0.2, 0.25) is 0 Å². The van der Waals surface area contributed by atoms with E-state index in [-0.39, 0.29) is 0 Å². The van der Waals surface area contributed by atoms with Crippen LogP contribution < -0.4 is 4.74 Å². The van der Waals surface area contributed by atoms with Crippen LogP contribution in [0.1, 0.15) is 40.0 Å². The van der Waals surface area contributed by atoms with Crippen molar-refractivity contribution >= 4 is 0 Å². The van der Waals surface area contributed by atoms with Crippen LogP contribution in [0, 0.1) is 17.8 Å². The molecule has 0 saturated heterocycles. The molecule has 0 radical (unpaired) electrons. The molecule has 0 aromatic carbocycles. The summed E-state index contributed by atoms with van der Waals surface area (Å²) in [6.07, 6.45) is 5.77. The second-order valence-corrected chi connectivity index (χ2v) is 5.41. The van der Waals surface area contributed by atoms with Crippen LogP contribution in [0.4, 0.5) is 0 Å². The van der Waals surface area contributed by atoms with Crippen LogP contribution in [0.15, 0.2) is 22.8 Å². The molecule has 1 aromatic rings. The first kappa shape index (κ1) is 11.6. The molecule has 90 valence electrons. The normalized spacial score (nSPS) is 30.6. The third-order valence-electron chi connectivity index (χ3n) is 3.72. The van der Waals surface area contributed by atoms with Gasteiger partial charge >= 0.3 is 0 Å². The largest absolute Gasteiger partial charge is 0.462 e. The van der Waals surface area contributed by atoms with E-state index in [4.69, 9.17) is 9.15 Å². The van der Waals surface area contributed by atoms with E-state index >= 15 is 0 Å². The fraction of sp³-hybridized carbons (Fsp3) is 0.714. The van der Waals surface area contributed by atoms with Gasteiger partial charge in [-0.3, -0.25) is 0 Å². The van der Waals surface area contributed by atoms with Crippen molar-refractivity contribution in [2.24, 2.45) is 17.8 Å². The summed E-state index contributed by atoms with van der Waals surface area (Å²) >= 11 is 0. The Morgan fingerprint density at radius 3 is 2.81 bits per heavy atom. The highest BCUT2D eigenvalue weighted by atomic mass is 16.6. The minimum Gasteiger partial charge on any atom is -0.462 e. The molecule has 1 heterocycles. The average molecular weight is 222 g/mol.